The number of rotatable bonds is 5. The number of nitrogens with zero attached hydrogens (tertiary/aromatic N) is 3. The Morgan fingerprint density at radius 2 is 1.76 bits per heavy atom. The highest BCUT2D eigenvalue weighted by atomic mass is 35.5. The minimum absolute atomic E-state index is 0.165. The van der Waals surface area contributed by atoms with Gasteiger partial charge in [-0.15, -0.1) is 5.10 Å². The van der Waals surface area contributed by atoms with Gasteiger partial charge in [-0.05, 0) is 53.1 Å². The number of halogens is 2. The molecule has 0 saturated carbocycles. The topological polar surface area (TPSA) is 71.8 Å². The number of carbonyl (C=O) groups excluding carboxylic acids is 1. The summed E-state index contributed by atoms with van der Waals surface area (Å²) in [6.45, 7) is 0. The molecule has 2 N–H and O–H groups in total. The molecule has 8 heteroatoms. The Labute approximate surface area is 200 Å². The lowest BCUT2D eigenvalue weighted by Gasteiger charge is -2.24. The number of hydrogen-bond acceptors (Lipinski definition) is 4. The van der Waals surface area contributed by atoms with Gasteiger partial charge in [0, 0.05) is 16.8 Å². The van der Waals surface area contributed by atoms with Crippen LogP contribution in [0.4, 0.5) is 16.3 Å². The van der Waals surface area contributed by atoms with Crippen molar-refractivity contribution in [2.24, 2.45) is 0 Å². The van der Waals surface area contributed by atoms with Gasteiger partial charge in [0.2, 0.25) is 5.95 Å². The van der Waals surface area contributed by atoms with Crippen molar-refractivity contribution >= 4 is 41.2 Å². The molecule has 1 atom stereocenters. The lowest BCUT2D eigenvalue weighted by Crippen LogP contribution is -2.20. The van der Waals surface area contributed by atoms with E-state index in [1.165, 1.54) is 18.2 Å². The number of carbonyl (C=O) groups is 1. The number of allylic oxidation sites excluding steroid dienone is 1. The number of fused-ring (bicyclic) bond motifs is 1. The van der Waals surface area contributed by atoms with Crippen molar-refractivity contribution < 1.29 is 9.18 Å². The Kier molecular flexibility index (Phi) is 5.93. The van der Waals surface area contributed by atoms with Gasteiger partial charge in [-0.2, -0.15) is 4.98 Å². The normalized spacial score (nSPS) is 14.9. The molecule has 4 aromatic rings. The summed E-state index contributed by atoms with van der Waals surface area (Å²) in [4.78, 5) is 16.9. The molecule has 5 rings (SSSR count). The highest BCUT2D eigenvalue weighted by Crippen LogP contribution is 2.33. The van der Waals surface area contributed by atoms with Crippen LogP contribution in [0.25, 0.3) is 11.8 Å². The molecule has 0 radical (unpaired) electrons. The maximum Gasteiger partial charge on any atom is 0.250 e. The van der Waals surface area contributed by atoms with E-state index in [1.54, 1.807) is 22.9 Å². The number of anilines is 2. The third-order valence-electron chi connectivity index (χ3n) is 5.29. The van der Waals surface area contributed by atoms with Crippen molar-refractivity contribution in [2.75, 3.05) is 10.6 Å². The molecule has 6 nitrogen and oxygen atoms in total. The Morgan fingerprint density at radius 1 is 1.03 bits per heavy atom. The summed E-state index contributed by atoms with van der Waals surface area (Å²) < 4.78 is 14.8. The fourth-order valence-corrected chi connectivity index (χ4v) is 3.75. The largest absolute Gasteiger partial charge is 0.324 e. The van der Waals surface area contributed by atoms with Crippen molar-refractivity contribution in [3.63, 3.8) is 0 Å². The zero-order valence-corrected chi connectivity index (χ0v) is 18.6. The molecule has 168 valence electrons. The summed E-state index contributed by atoms with van der Waals surface area (Å²) in [5.41, 5.74) is 3.56. The molecule has 3 aromatic carbocycles. The van der Waals surface area contributed by atoms with Gasteiger partial charge in [0.05, 0.1) is 0 Å². The van der Waals surface area contributed by atoms with Crippen LogP contribution in [0.5, 0.6) is 0 Å². The van der Waals surface area contributed by atoms with Gasteiger partial charge >= 0.3 is 0 Å². The molecule has 1 amide bonds. The van der Waals surface area contributed by atoms with Crippen molar-refractivity contribution in [3.05, 3.63) is 119 Å². The van der Waals surface area contributed by atoms with Gasteiger partial charge in [-0.3, -0.25) is 10.1 Å². The second-order valence-corrected chi connectivity index (χ2v) is 8.08. The molecule has 0 spiro atoms. The first-order chi connectivity index (χ1) is 16.5. The van der Waals surface area contributed by atoms with Crippen LogP contribution >= 0.6 is 11.6 Å². The van der Waals surface area contributed by atoms with Crippen molar-refractivity contribution in [2.45, 2.75) is 6.04 Å². The Bertz CT molecular complexity index is 1380. The number of aromatic nitrogens is 3. The molecular weight excluding hydrogens is 453 g/mol. The average molecular weight is 472 g/mol. The van der Waals surface area contributed by atoms with E-state index >= 15 is 0 Å². The van der Waals surface area contributed by atoms with Crippen LogP contribution in [0, 0.1) is 5.82 Å². The van der Waals surface area contributed by atoms with Gasteiger partial charge in [-0.25, -0.2) is 9.07 Å². The van der Waals surface area contributed by atoms with Gasteiger partial charge < -0.3 is 5.32 Å². The average Bonchev–Trinajstić information content (AvgIpc) is 3.26. The van der Waals surface area contributed by atoms with Crippen LogP contribution in [0.1, 0.15) is 22.7 Å². The maximum absolute atomic E-state index is 13.1. The highest BCUT2D eigenvalue weighted by Gasteiger charge is 2.25. The molecule has 34 heavy (non-hydrogen) atoms. The fourth-order valence-electron chi connectivity index (χ4n) is 3.63. The quantitative estimate of drug-likeness (QED) is 0.362. The van der Waals surface area contributed by atoms with Gasteiger partial charge in [0.1, 0.15) is 11.9 Å². The van der Waals surface area contributed by atoms with E-state index in [1.807, 2.05) is 54.6 Å². The lowest BCUT2D eigenvalue weighted by atomic mass is 10.0. The first-order valence-electron chi connectivity index (χ1n) is 10.6. The second kappa shape index (κ2) is 9.33. The second-order valence-electron chi connectivity index (χ2n) is 7.65. The standard InChI is InChI=1S/C26H19ClFN5O/c27-20-11-9-19(10-12-20)23-16-22(18-4-2-1-3-5-18)29-26-31-25(32-33(23)26)30-24(34)15-8-17-6-13-21(28)14-7-17/h1-16,23H,(H2,29,30,31,32,34)/b15-8+/t23-/m0/s1. The number of nitrogens with one attached hydrogen (secondary N) is 2. The molecule has 0 fully saturated rings. The predicted octanol–water partition coefficient (Wildman–Crippen LogP) is 5.78. The Morgan fingerprint density at radius 3 is 2.50 bits per heavy atom. The minimum Gasteiger partial charge on any atom is -0.324 e. The third kappa shape index (κ3) is 4.74. The zero-order valence-electron chi connectivity index (χ0n) is 17.8. The molecule has 1 aliphatic heterocycles. The predicted molar refractivity (Wildman–Crippen MR) is 132 cm³/mol. The van der Waals surface area contributed by atoms with Gasteiger partial charge in [0.15, 0.2) is 0 Å². The molecule has 1 aromatic heterocycles. The SMILES string of the molecule is O=C(/C=C/c1ccc(F)cc1)Nc1nc2n(n1)[C@H](c1ccc(Cl)cc1)C=C(c1ccccc1)N2. The first-order valence-corrected chi connectivity index (χ1v) is 10.9. The van der Waals surface area contributed by atoms with E-state index in [0.717, 1.165) is 16.8 Å². The monoisotopic (exact) mass is 471 g/mol. The molecule has 0 aliphatic carbocycles. The minimum atomic E-state index is -0.397. The fraction of sp³-hybridized carbons (Fsp3) is 0.0385. The summed E-state index contributed by atoms with van der Waals surface area (Å²) in [5, 5.41) is 11.1. The van der Waals surface area contributed by atoms with Crippen LogP contribution in [0.15, 0.2) is 91.0 Å². The van der Waals surface area contributed by atoms with Crippen molar-refractivity contribution in [1.82, 2.24) is 14.8 Å². The highest BCUT2D eigenvalue weighted by molar-refractivity contribution is 6.30. The molecule has 2 heterocycles. The molecule has 0 unspecified atom stereocenters. The summed E-state index contributed by atoms with van der Waals surface area (Å²) in [5.74, 6) is -0.0655. The van der Waals surface area contributed by atoms with E-state index in [9.17, 15) is 9.18 Å². The number of amides is 1. The number of benzene rings is 3. The Balaban J connectivity index is 1.42. The van der Waals surface area contributed by atoms with E-state index < -0.39 is 5.91 Å². The Hall–Kier alpha value is -4.23. The summed E-state index contributed by atoms with van der Waals surface area (Å²) in [6, 6.07) is 23.0. The van der Waals surface area contributed by atoms with Crippen molar-refractivity contribution in [1.29, 1.82) is 0 Å². The van der Waals surface area contributed by atoms with Crippen LogP contribution < -0.4 is 10.6 Å². The van der Waals surface area contributed by atoms with Gasteiger partial charge in [0.25, 0.3) is 11.9 Å². The molecular formula is C26H19ClFN5O. The van der Waals surface area contributed by atoms with Crippen LogP contribution in [0.2, 0.25) is 5.02 Å². The van der Waals surface area contributed by atoms with Crippen LogP contribution in [-0.4, -0.2) is 20.7 Å². The van der Waals surface area contributed by atoms with Crippen LogP contribution in [-0.2, 0) is 4.79 Å². The zero-order chi connectivity index (χ0) is 23.5. The summed E-state index contributed by atoms with van der Waals surface area (Å²) in [6.07, 6.45) is 5.00. The first kappa shape index (κ1) is 21.6. The van der Waals surface area contributed by atoms with E-state index in [2.05, 4.69) is 26.8 Å². The molecule has 1 aliphatic rings. The molecule has 0 saturated heterocycles. The number of hydrogen-bond donors (Lipinski definition) is 2. The van der Waals surface area contributed by atoms with E-state index in [0.29, 0.717) is 16.5 Å². The van der Waals surface area contributed by atoms with E-state index in [-0.39, 0.29) is 17.8 Å². The maximum atomic E-state index is 13.1. The third-order valence-corrected chi connectivity index (χ3v) is 5.55. The molecule has 0 bridgehead atoms. The summed E-state index contributed by atoms with van der Waals surface area (Å²) in [7, 11) is 0. The van der Waals surface area contributed by atoms with Crippen molar-refractivity contribution in [3.8, 4) is 0 Å². The smallest absolute Gasteiger partial charge is 0.250 e. The van der Waals surface area contributed by atoms with Crippen LogP contribution in [0.3, 0.4) is 0 Å². The van der Waals surface area contributed by atoms with Gasteiger partial charge in [-0.1, -0.05) is 66.2 Å². The van der Waals surface area contributed by atoms with E-state index in [4.69, 9.17) is 11.6 Å². The summed E-state index contributed by atoms with van der Waals surface area (Å²) >= 11 is 6.08. The lowest BCUT2D eigenvalue weighted by molar-refractivity contribution is -0.111.